The molecule has 114 valence electrons. The molecule has 0 bridgehead atoms. The van der Waals surface area contributed by atoms with Gasteiger partial charge < -0.3 is 0 Å². The van der Waals surface area contributed by atoms with Gasteiger partial charge in [0, 0.05) is 12.1 Å². The number of hydrogen-bond acceptors (Lipinski definition) is 4. The summed E-state index contributed by atoms with van der Waals surface area (Å²) in [4.78, 5) is 9.97. The topological polar surface area (TPSA) is 67.5 Å². The van der Waals surface area contributed by atoms with E-state index < -0.39 is 16.7 Å². The monoisotopic (exact) mass is 309 g/mol. The van der Waals surface area contributed by atoms with Crippen LogP contribution in [0.4, 0.5) is 24.5 Å². The van der Waals surface area contributed by atoms with Gasteiger partial charge in [-0.05, 0) is 35.9 Å². The zero-order valence-electron chi connectivity index (χ0n) is 11.0. The number of hydrogen-bond donors (Lipinski definition) is 1. The molecule has 8 heteroatoms. The maximum absolute atomic E-state index is 12.5. The lowest BCUT2D eigenvalue weighted by atomic mass is 10.2. The van der Waals surface area contributed by atoms with Crippen molar-refractivity contribution in [1.82, 2.24) is 0 Å². The Morgan fingerprint density at radius 2 is 1.82 bits per heavy atom. The van der Waals surface area contributed by atoms with Gasteiger partial charge in [-0.2, -0.15) is 18.3 Å². The van der Waals surface area contributed by atoms with E-state index in [0.29, 0.717) is 5.56 Å². The molecule has 2 aromatic rings. The molecule has 0 saturated heterocycles. The fourth-order valence-corrected chi connectivity index (χ4v) is 1.63. The van der Waals surface area contributed by atoms with Gasteiger partial charge in [0.05, 0.1) is 22.4 Å². The zero-order valence-corrected chi connectivity index (χ0v) is 11.0. The van der Waals surface area contributed by atoms with Gasteiger partial charge >= 0.3 is 6.18 Å². The first-order valence-electron chi connectivity index (χ1n) is 6.07. The van der Waals surface area contributed by atoms with E-state index in [-0.39, 0.29) is 11.4 Å². The standard InChI is InChI=1S/C14H10F3N3O2/c15-14(16,17)11-2-1-3-12(8-11)19-18-9-10-4-6-13(7-5-10)20(21)22/h1-9,19H/b18-9+. The number of alkyl halides is 3. The number of benzene rings is 2. The van der Waals surface area contributed by atoms with Crippen molar-refractivity contribution in [2.75, 3.05) is 5.43 Å². The molecule has 0 unspecified atom stereocenters. The van der Waals surface area contributed by atoms with Gasteiger partial charge in [-0.1, -0.05) is 6.07 Å². The van der Waals surface area contributed by atoms with E-state index in [1.165, 1.54) is 42.6 Å². The van der Waals surface area contributed by atoms with Gasteiger partial charge in [0.15, 0.2) is 0 Å². The van der Waals surface area contributed by atoms with Gasteiger partial charge in [0.2, 0.25) is 0 Å². The number of nitrogens with zero attached hydrogens (tertiary/aromatic N) is 2. The zero-order chi connectivity index (χ0) is 16.2. The van der Waals surface area contributed by atoms with Crippen LogP contribution in [0.25, 0.3) is 0 Å². The molecule has 2 aromatic carbocycles. The summed E-state index contributed by atoms with van der Waals surface area (Å²) in [6.45, 7) is 0. The first-order chi connectivity index (χ1) is 10.4. The first-order valence-corrected chi connectivity index (χ1v) is 6.07. The van der Waals surface area contributed by atoms with Crippen molar-refractivity contribution < 1.29 is 18.1 Å². The molecular formula is C14H10F3N3O2. The van der Waals surface area contributed by atoms with Crippen LogP contribution in [0.5, 0.6) is 0 Å². The fourth-order valence-electron chi connectivity index (χ4n) is 1.63. The largest absolute Gasteiger partial charge is 0.416 e. The number of nitrogens with one attached hydrogen (secondary N) is 1. The minimum atomic E-state index is -4.42. The molecule has 0 aliphatic heterocycles. The molecule has 0 heterocycles. The Hall–Kier alpha value is -2.90. The molecule has 0 fully saturated rings. The van der Waals surface area contributed by atoms with Crippen molar-refractivity contribution in [2.45, 2.75) is 6.18 Å². The third-order valence-corrected chi connectivity index (χ3v) is 2.70. The number of rotatable bonds is 4. The number of halogens is 3. The predicted molar refractivity (Wildman–Crippen MR) is 75.8 cm³/mol. The van der Waals surface area contributed by atoms with Gasteiger partial charge in [-0.3, -0.25) is 15.5 Å². The van der Waals surface area contributed by atoms with Crippen molar-refractivity contribution in [3.8, 4) is 0 Å². The SMILES string of the molecule is O=[N+]([O-])c1ccc(/C=N/Nc2cccc(C(F)(F)F)c2)cc1. The van der Waals surface area contributed by atoms with Crippen LogP contribution in [0.3, 0.4) is 0 Å². The normalized spacial score (nSPS) is 11.6. The minimum Gasteiger partial charge on any atom is -0.278 e. The van der Waals surface area contributed by atoms with Crippen LogP contribution in [0.1, 0.15) is 11.1 Å². The van der Waals surface area contributed by atoms with Gasteiger partial charge in [-0.25, -0.2) is 0 Å². The van der Waals surface area contributed by atoms with Crippen LogP contribution in [0.15, 0.2) is 53.6 Å². The van der Waals surface area contributed by atoms with Crippen LogP contribution >= 0.6 is 0 Å². The smallest absolute Gasteiger partial charge is 0.278 e. The van der Waals surface area contributed by atoms with Crippen molar-refractivity contribution >= 4 is 17.6 Å². The Morgan fingerprint density at radius 3 is 2.41 bits per heavy atom. The van der Waals surface area contributed by atoms with E-state index >= 15 is 0 Å². The van der Waals surface area contributed by atoms with E-state index in [1.807, 2.05) is 0 Å². The molecular weight excluding hydrogens is 299 g/mol. The molecule has 0 radical (unpaired) electrons. The van der Waals surface area contributed by atoms with Crippen LogP contribution in [0, 0.1) is 10.1 Å². The van der Waals surface area contributed by atoms with E-state index in [2.05, 4.69) is 10.5 Å². The number of anilines is 1. The Kier molecular flexibility index (Phi) is 4.40. The summed E-state index contributed by atoms with van der Waals surface area (Å²) in [5.74, 6) is 0. The predicted octanol–water partition coefficient (Wildman–Crippen LogP) is 4.06. The lowest BCUT2D eigenvalue weighted by Crippen LogP contribution is -2.05. The van der Waals surface area contributed by atoms with E-state index in [1.54, 1.807) is 0 Å². The number of nitro benzene ring substituents is 1. The summed E-state index contributed by atoms with van der Waals surface area (Å²) in [7, 11) is 0. The lowest BCUT2D eigenvalue weighted by molar-refractivity contribution is -0.384. The van der Waals surface area contributed by atoms with Crippen molar-refractivity contribution in [3.05, 3.63) is 69.8 Å². The molecule has 2 rings (SSSR count). The number of hydrazone groups is 1. The second kappa shape index (κ2) is 6.25. The molecule has 0 saturated carbocycles. The summed E-state index contributed by atoms with van der Waals surface area (Å²) >= 11 is 0. The summed E-state index contributed by atoms with van der Waals surface area (Å²) in [6.07, 6.45) is -3.07. The Bertz CT molecular complexity index is 697. The second-order valence-corrected chi connectivity index (χ2v) is 4.30. The molecule has 0 atom stereocenters. The average molecular weight is 309 g/mol. The van der Waals surface area contributed by atoms with Crippen LogP contribution in [-0.2, 0) is 6.18 Å². The Labute approximate surface area is 123 Å². The molecule has 5 nitrogen and oxygen atoms in total. The van der Waals surface area contributed by atoms with Crippen LogP contribution in [-0.4, -0.2) is 11.1 Å². The van der Waals surface area contributed by atoms with E-state index in [9.17, 15) is 23.3 Å². The lowest BCUT2D eigenvalue weighted by Gasteiger charge is -2.07. The fraction of sp³-hybridized carbons (Fsp3) is 0.0714. The Balaban J connectivity index is 2.05. The van der Waals surface area contributed by atoms with Crippen LogP contribution < -0.4 is 5.43 Å². The summed E-state index contributed by atoms with van der Waals surface area (Å²) < 4.78 is 37.6. The highest BCUT2D eigenvalue weighted by Gasteiger charge is 2.30. The molecule has 22 heavy (non-hydrogen) atoms. The van der Waals surface area contributed by atoms with Gasteiger partial charge in [0.25, 0.3) is 5.69 Å². The molecule has 0 amide bonds. The summed E-state index contributed by atoms with van der Waals surface area (Å²) in [5, 5.41) is 14.3. The van der Waals surface area contributed by atoms with Gasteiger partial charge in [-0.15, -0.1) is 0 Å². The van der Waals surface area contributed by atoms with E-state index in [0.717, 1.165) is 12.1 Å². The maximum Gasteiger partial charge on any atom is 0.416 e. The van der Waals surface area contributed by atoms with E-state index in [4.69, 9.17) is 0 Å². The van der Waals surface area contributed by atoms with Crippen LogP contribution in [0.2, 0.25) is 0 Å². The van der Waals surface area contributed by atoms with Crippen molar-refractivity contribution in [1.29, 1.82) is 0 Å². The van der Waals surface area contributed by atoms with Crippen molar-refractivity contribution in [2.24, 2.45) is 5.10 Å². The minimum absolute atomic E-state index is 0.0528. The third kappa shape index (κ3) is 4.05. The molecule has 1 N–H and O–H groups in total. The Morgan fingerprint density at radius 1 is 1.14 bits per heavy atom. The molecule has 0 aliphatic carbocycles. The molecule has 0 aliphatic rings. The number of non-ortho nitro benzene ring substituents is 1. The summed E-state index contributed by atoms with van der Waals surface area (Å²) in [5.41, 5.74) is 2.41. The maximum atomic E-state index is 12.5. The quantitative estimate of drug-likeness (QED) is 0.526. The molecule has 0 aromatic heterocycles. The highest BCUT2D eigenvalue weighted by molar-refractivity contribution is 5.80. The number of nitro groups is 1. The highest BCUT2D eigenvalue weighted by atomic mass is 19.4. The average Bonchev–Trinajstić information content (AvgIpc) is 2.47. The second-order valence-electron chi connectivity index (χ2n) is 4.30. The third-order valence-electron chi connectivity index (χ3n) is 2.70. The summed E-state index contributed by atoms with van der Waals surface area (Å²) in [6, 6.07) is 10.2. The molecule has 0 spiro atoms. The van der Waals surface area contributed by atoms with Gasteiger partial charge in [0.1, 0.15) is 0 Å². The highest BCUT2D eigenvalue weighted by Crippen LogP contribution is 2.30. The van der Waals surface area contributed by atoms with Crippen molar-refractivity contribution in [3.63, 3.8) is 0 Å². The first kappa shape index (κ1) is 15.5.